The van der Waals surface area contributed by atoms with Crippen LogP contribution >= 0.6 is 11.3 Å². The SMILES string of the molecule is CCOc1ccccc1/C=C/C(=O)N1CCN(c2nccs2)CC1. The Balaban J connectivity index is 1.58. The molecule has 5 nitrogen and oxygen atoms in total. The van der Waals surface area contributed by atoms with Gasteiger partial charge >= 0.3 is 0 Å². The van der Waals surface area contributed by atoms with E-state index in [0.717, 1.165) is 42.6 Å². The number of carbonyl (C=O) groups excluding carboxylic acids is 1. The quantitative estimate of drug-likeness (QED) is 0.783. The van der Waals surface area contributed by atoms with E-state index < -0.39 is 0 Å². The molecule has 1 fully saturated rings. The zero-order valence-electron chi connectivity index (χ0n) is 13.7. The first-order valence-electron chi connectivity index (χ1n) is 8.11. The minimum Gasteiger partial charge on any atom is -0.493 e. The van der Waals surface area contributed by atoms with Crippen LogP contribution < -0.4 is 9.64 Å². The molecule has 6 heteroatoms. The summed E-state index contributed by atoms with van der Waals surface area (Å²) in [5, 5.41) is 3.01. The lowest BCUT2D eigenvalue weighted by atomic mass is 10.2. The molecule has 1 aliphatic rings. The van der Waals surface area contributed by atoms with Gasteiger partial charge in [-0.15, -0.1) is 11.3 Å². The number of anilines is 1. The summed E-state index contributed by atoms with van der Waals surface area (Å²) in [6.45, 7) is 5.64. The smallest absolute Gasteiger partial charge is 0.246 e. The standard InChI is InChI=1S/C18H21N3O2S/c1-2-23-16-6-4-3-5-15(16)7-8-17(22)20-10-12-21(13-11-20)18-19-9-14-24-18/h3-9,14H,2,10-13H2,1H3/b8-7+. The Hall–Kier alpha value is -2.34. The number of aromatic nitrogens is 1. The van der Waals surface area contributed by atoms with Crippen molar-refractivity contribution >= 4 is 28.5 Å². The molecule has 0 saturated carbocycles. The first-order valence-corrected chi connectivity index (χ1v) is 8.99. The van der Waals surface area contributed by atoms with E-state index in [1.54, 1.807) is 17.4 Å². The number of amides is 1. The molecule has 1 aromatic carbocycles. The van der Waals surface area contributed by atoms with Crippen molar-refractivity contribution in [3.8, 4) is 5.75 Å². The van der Waals surface area contributed by atoms with E-state index in [9.17, 15) is 4.79 Å². The van der Waals surface area contributed by atoms with Crippen LogP contribution in [0, 0.1) is 0 Å². The molecule has 0 spiro atoms. The molecule has 2 aromatic rings. The molecule has 1 aliphatic heterocycles. The van der Waals surface area contributed by atoms with Crippen LogP contribution in [-0.2, 0) is 4.79 Å². The number of para-hydroxylation sites is 1. The van der Waals surface area contributed by atoms with Crippen molar-refractivity contribution in [3.05, 3.63) is 47.5 Å². The highest BCUT2D eigenvalue weighted by Crippen LogP contribution is 2.21. The average molecular weight is 343 g/mol. The van der Waals surface area contributed by atoms with Gasteiger partial charge in [0.05, 0.1) is 6.61 Å². The van der Waals surface area contributed by atoms with Crippen molar-refractivity contribution in [2.24, 2.45) is 0 Å². The normalized spacial score (nSPS) is 15.0. The van der Waals surface area contributed by atoms with Crippen LogP contribution in [0.4, 0.5) is 5.13 Å². The largest absolute Gasteiger partial charge is 0.493 e. The summed E-state index contributed by atoms with van der Waals surface area (Å²) >= 11 is 1.64. The van der Waals surface area contributed by atoms with E-state index in [4.69, 9.17) is 4.74 Å². The van der Waals surface area contributed by atoms with Crippen molar-refractivity contribution in [3.63, 3.8) is 0 Å². The maximum Gasteiger partial charge on any atom is 0.246 e. The molecule has 24 heavy (non-hydrogen) atoms. The van der Waals surface area contributed by atoms with Gasteiger partial charge in [0.15, 0.2) is 5.13 Å². The van der Waals surface area contributed by atoms with Crippen molar-refractivity contribution in [2.45, 2.75) is 6.92 Å². The average Bonchev–Trinajstić information content (AvgIpc) is 3.16. The van der Waals surface area contributed by atoms with Gasteiger partial charge in [0, 0.05) is 49.4 Å². The van der Waals surface area contributed by atoms with Gasteiger partial charge in [-0.05, 0) is 19.1 Å². The molecule has 0 bridgehead atoms. The number of benzene rings is 1. The van der Waals surface area contributed by atoms with E-state index >= 15 is 0 Å². The highest BCUT2D eigenvalue weighted by atomic mass is 32.1. The number of nitrogens with zero attached hydrogens (tertiary/aromatic N) is 3. The number of rotatable bonds is 5. The highest BCUT2D eigenvalue weighted by molar-refractivity contribution is 7.13. The molecule has 0 radical (unpaired) electrons. The molecule has 0 aliphatic carbocycles. The zero-order valence-corrected chi connectivity index (χ0v) is 14.5. The molecule has 1 saturated heterocycles. The number of piperazine rings is 1. The number of carbonyl (C=O) groups is 1. The molecular weight excluding hydrogens is 322 g/mol. The van der Waals surface area contributed by atoms with Crippen molar-refractivity contribution in [2.75, 3.05) is 37.7 Å². The van der Waals surface area contributed by atoms with Gasteiger partial charge in [-0.3, -0.25) is 4.79 Å². The topological polar surface area (TPSA) is 45.7 Å². The summed E-state index contributed by atoms with van der Waals surface area (Å²) in [5.74, 6) is 0.845. The second-order valence-corrected chi connectivity index (χ2v) is 6.30. The fourth-order valence-corrected chi connectivity index (χ4v) is 3.36. The van der Waals surface area contributed by atoms with Crippen molar-refractivity contribution in [1.82, 2.24) is 9.88 Å². The van der Waals surface area contributed by atoms with E-state index in [1.807, 2.05) is 53.7 Å². The van der Waals surface area contributed by atoms with Crippen LogP contribution in [0.2, 0.25) is 0 Å². The summed E-state index contributed by atoms with van der Waals surface area (Å²) in [7, 11) is 0. The van der Waals surface area contributed by atoms with E-state index in [1.165, 1.54) is 0 Å². The Labute approximate surface area is 146 Å². The molecule has 1 aromatic heterocycles. The lowest BCUT2D eigenvalue weighted by molar-refractivity contribution is -0.126. The van der Waals surface area contributed by atoms with Crippen LogP contribution in [0.1, 0.15) is 12.5 Å². The molecule has 3 rings (SSSR count). The fourth-order valence-electron chi connectivity index (χ4n) is 2.66. The van der Waals surface area contributed by atoms with Gasteiger partial charge in [0.2, 0.25) is 5.91 Å². The minimum atomic E-state index is 0.0418. The zero-order chi connectivity index (χ0) is 16.8. The first kappa shape index (κ1) is 16.5. The van der Waals surface area contributed by atoms with Crippen LogP contribution in [0.5, 0.6) is 5.75 Å². The maximum atomic E-state index is 12.4. The Morgan fingerprint density at radius 1 is 1.29 bits per heavy atom. The van der Waals surface area contributed by atoms with Crippen molar-refractivity contribution in [1.29, 1.82) is 0 Å². The number of thiazole rings is 1. The Morgan fingerprint density at radius 2 is 2.08 bits per heavy atom. The third kappa shape index (κ3) is 3.94. The van der Waals surface area contributed by atoms with E-state index in [-0.39, 0.29) is 5.91 Å². The number of hydrogen-bond acceptors (Lipinski definition) is 5. The molecule has 0 N–H and O–H groups in total. The van der Waals surface area contributed by atoms with Crippen molar-refractivity contribution < 1.29 is 9.53 Å². The fraction of sp³-hybridized carbons (Fsp3) is 0.333. The lowest BCUT2D eigenvalue weighted by Gasteiger charge is -2.34. The lowest BCUT2D eigenvalue weighted by Crippen LogP contribution is -2.48. The van der Waals surface area contributed by atoms with Crippen LogP contribution in [-0.4, -0.2) is 48.6 Å². The molecule has 2 heterocycles. The third-order valence-corrected chi connectivity index (χ3v) is 4.74. The first-order chi connectivity index (χ1) is 11.8. The molecule has 0 unspecified atom stereocenters. The predicted molar refractivity (Wildman–Crippen MR) is 97.6 cm³/mol. The van der Waals surface area contributed by atoms with Gasteiger partial charge in [0.25, 0.3) is 0 Å². The van der Waals surface area contributed by atoms with Crippen LogP contribution in [0.15, 0.2) is 41.9 Å². The summed E-state index contributed by atoms with van der Waals surface area (Å²) < 4.78 is 5.58. The summed E-state index contributed by atoms with van der Waals surface area (Å²) in [4.78, 5) is 20.8. The van der Waals surface area contributed by atoms with Crippen LogP contribution in [0.25, 0.3) is 6.08 Å². The van der Waals surface area contributed by atoms with Gasteiger partial charge in [-0.2, -0.15) is 0 Å². The van der Waals surface area contributed by atoms with Crippen LogP contribution in [0.3, 0.4) is 0 Å². The third-order valence-electron chi connectivity index (χ3n) is 3.91. The van der Waals surface area contributed by atoms with E-state index in [0.29, 0.717) is 6.61 Å². The maximum absolute atomic E-state index is 12.4. The minimum absolute atomic E-state index is 0.0418. The second-order valence-electron chi connectivity index (χ2n) is 5.43. The summed E-state index contributed by atoms with van der Waals surface area (Å²) in [6, 6.07) is 7.75. The highest BCUT2D eigenvalue weighted by Gasteiger charge is 2.20. The number of hydrogen-bond donors (Lipinski definition) is 0. The Bertz CT molecular complexity index is 692. The molecule has 1 amide bonds. The van der Waals surface area contributed by atoms with Gasteiger partial charge in [-0.25, -0.2) is 4.98 Å². The predicted octanol–water partition coefficient (Wildman–Crippen LogP) is 2.90. The van der Waals surface area contributed by atoms with Gasteiger partial charge in [-0.1, -0.05) is 18.2 Å². The molecular formula is C18H21N3O2S. The monoisotopic (exact) mass is 343 g/mol. The van der Waals surface area contributed by atoms with E-state index in [2.05, 4.69) is 9.88 Å². The summed E-state index contributed by atoms with van der Waals surface area (Å²) in [5.41, 5.74) is 0.925. The van der Waals surface area contributed by atoms with Gasteiger partial charge < -0.3 is 14.5 Å². The Morgan fingerprint density at radius 3 is 2.79 bits per heavy atom. The molecule has 126 valence electrons. The molecule has 0 atom stereocenters. The van der Waals surface area contributed by atoms with Gasteiger partial charge in [0.1, 0.15) is 5.75 Å². The summed E-state index contributed by atoms with van der Waals surface area (Å²) in [6.07, 6.45) is 5.29. The Kier molecular flexibility index (Phi) is 5.48. The second kappa shape index (κ2) is 7.97. The number of ether oxygens (including phenoxy) is 1.